The van der Waals surface area contributed by atoms with Gasteiger partial charge in [0, 0.05) is 0 Å². The van der Waals surface area contributed by atoms with E-state index in [1.807, 2.05) is 0 Å². The Morgan fingerprint density at radius 2 is 1.94 bits per heavy atom. The Hall–Kier alpha value is -0.603. The SMILES string of the molecule is CCCC[C@@]1([Si](C)(C)C)OCc2ccccc21. The Morgan fingerprint density at radius 1 is 1.24 bits per heavy atom. The molecule has 2 heteroatoms. The Morgan fingerprint density at radius 3 is 2.59 bits per heavy atom. The van der Waals surface area contributed by atoms with Crippen LogP contribution in [-0.4, -0.2) is 8.07 Å². The van der Waals surface area contributed by atoms with E-state index >= 15 is 0 Å². The first-order valence-electron chi connectivity index (χ1n) is 6.73. The predicted molar refractivity (Wildman–Crippen MR) is 75.8 cm³/mol. The van der Waals surface area contributed by atoms with Crippen molar-refractivity contribution in [3.8, 4) is 0 Å². The van der Waals surface area contributed by atoms with Crippen molar-refractivity contribution in [3.63, 3.8) is 0 Å². The summed E-state index contributed by atoms with van der Waals surface area (Å²) in [6.45, 7) is 10.4. The van der Waals surface area contributed by atoms with E-state index in [4.69, 9.17) is 4.74 Å². The van der Waals surface area contributed by atoms with Crippen LogP contribution in [0.4, 0.5) is 0 Å². The van der Waals surface area contributed by atoms with Crippen molar-refractivity contribution >= 4 is 8.07 Å². The maximum absolute atomic E-state index is 6.34. The molecule has 0 saturated heterocycles. The number of hydrogen-bond donors (Lipinski definition) is 0. The number of benzene rings is 1. The first-order chi connectivity index (χ1) is 8.01. The van der Waals surface area contributed by atoms with Crippen LogP contribution in [0.15, 0.2) is 24.3 Å². The van der Waals surface area contributed by atoms with Gasteiger partial charge in [0.15, 0.2) is 0 Å². The molecule has 94 valence electrons. The summed E-state index contributed by atoms with van der Waals surface area (Å²) in [4.78, 5) is 0. The third kappa shape index (κ3) is 2.09. The molecule has 1 nitrogen and oxygen atoms in total. The van der Waals surface area contributed by atoms with Gasteiger partial charge < -0.3 is 4.74 Å². The van der Waals surface area contributed by atoms with E-state index in [0.29, 0.717) is 0 Å². The molecule has 1 aromatic carbocycles. The zero-order valence-corrected chi connectivity index (χ0v) is 12.5. The number of unbranched alkanes of at least 4 members (excludes halogenated alkanes) is 1. The van der Waals surface area contributed by atoms with E-state index < -0.39 is 8.07 Å². The summed E-state index contributed by atoms with van der Waals surface area (Å²) in [6, 6.07) is 8.80. The van der Waals surface area contributed by atoms with E-state index in [2.05, 4.69) is 50.8 Å². The zero-order valence-electron chi connectivity index (χ0n) is 11.5. The molecule has 0 saturated carbocycles. The molecule has 1 aliphatic heterocycles. The molecule has 1 atom stereocenters. The summed E-state index contributed by atoms with van der Waals surface area (Å²) < 4.78 is 6.34. The largest absolute Gasteiger partial charge is 0.369 e. The fraction of sp³-hybridized carbons (Fsp3) is 0.600. The van der Waals surface area contributed by atoms with Crippen LogP contribution in [0.1, 0.15) is 37.3 Å². The van der Waals surface area contributed by atoms with E-state index in [0.717, 1.165) is 6.61 Å². The number of rotatable bonds is 4. The molecule has 17 heavy (non-hydrogen) atoms. The highest BCUT2D eigenvalue weighted by Crippen LogP contribution is 2.46. The highest BCUT2D eigenvalue weighted by molar-refractivity contribution is 6.78. The normalized spacial score (nSPS) is 23.8. The molecular weight excluding hydrogens is 224 g/mol. The lowest BCUT2D eigenvalue weighted by Crippen LogP contribution is -2.49. The molecule has 0 fully saturated rings. The Labute approximate surface area is 106 Å². The molecule has 0 amide bonds. The molecule has 1 aliphatic rings. The van der Waals surface area contributed by atoms with Crippen molar-refractivity contribution in [1.82, 2.24) is 0 Å². The third-order valence-corrected chi connectivity index (χ3v) is 7.11. The maximum Gasteiger partial charge on any atom is 0.0882 e. The quantitative estimate of drug-likeness (QED) is 0.714. The van der Waals surface area contributed by atoms with E-state index in [9.17, 15) is 0 Å². The molecule has 2 rings (SSSR count). The second-order valence-corrected chi connectivity index (χ2v) is 11.4. The van der Waals surface area contributed by atoms with E-state index in [1.165, 1.54) is 30.4 Å². The first kappa shape index (κ1) is 12.8. The van der Waals surface area contributed by atoms with Crippen LogP contribution < -0.4 is 0 Å². The van der Waals surface area contributed by atoms with Gasteiger partial charge in [-0.3, -0.25) is 0 Å². The molecule has 1 aromatic rings. The van der Waals surface area contributed by atoms with Crippen LogP contribution in [0.2, 0.25) is 19.6 Å². The van der Waals surface area contributed by atoms with Crippen LogP contribution in [0, 0.1) is 0 Å². The van der Waals surface area contributed by atoms with Crippen LogP contribution in [0.25, 0.3) is 0 Å². The van der Waals surface area contributed by atoms with Gasteiger partial charge in [0.2, 0.25) is 0 Å². The van der Waals surface area contributed by atoms with Gasteiger partial charge in [-0.15, -0.1) is 0 Å². The first-order valence-corrected chi connectivity index (χ1v) is 10.2. The fourth-order valence-electron chi connectivity index (χ4n) is 2.95. The average Bonchev–Trinajstić information content (AvgIpc) is 2.66. The van der Waals surface area contributed by atoms with Crippen molar-refractivity contribution in [2.24, 2.45) is 0 Å². The lowest BCUT2D eigenvalue weighted by Gasteiger charge is -2.40. The van der Waals surface area contributed by atoms with Gasteiger partial charge in [0.25, 0.3) is 0 Å². The standard InChI is InChI=1S/C15H24OSi/c1-5-6-11-15(17(2,3)4)14-10-8-7-9-13(14)12-16-15/h7-10H,5-6,11-12H2,1-4H3/t15-/m0/s1. The number of ether oxygens (including phenoxy) is 1. The van der Waals surface area contributed by atoms with Crippen molar-refractivity contribution < 1.29 is 4.74 Å². The minimum atomic E-state index is -1.39. The van der Waals surface area contributed by atoms with Gasteiger partial charge in [-0.25, -0.2) is 0 Å². The lowest BCUT2D eigenvalue weighted by molar-refractivity contribution is 0.0119. The molecule has 0 aliphatic carbocycles. The van der Waals surface area contributed by atoms with Gasteiger partial charge >= 0.3 is 0 Å². The summed E-state index contributed by atoms with van der Waals surface area (Å²) in [7, 11) is -1.39. The van der Waals surface area contributed by atoms with Crippen LogP contribution in [0.3, 0.4) is 0 Å². The Kier molecular flexibility index (Phi) is 3.46. The average molecular weight is 248 g/mol. The van der Waals surface area contributed by atoms with Crippen LogP contribution in [0.5, 0.6) is 0 Å². The van der Waals surface area contributed by atoms with Gasteiger partial charge in [0.1, 0.15) is 0 Å². The zero-order chi connectivity index (χ0) is 12.5. The molecule has 0 spiro atoms. The summed E-state index contributed by atoms with van der Waals surface area (Å²) >= 11 is 0. The Balaban J connectivity index is 2.43. The van der Waals surface area contributed by atoms with Gasteiger partial charge in [-0.05, 0) is 17.5 Å². The minimum Gasteiger partial charge on any atom is -0.369 e. The molecule has 0 radical (unpaired) electrons. The third-order valence-electron chi connectivity index (χ3n) is 4.02. The van der Waals surface area contributed by atoms with Crippen molar-refractivity contribution in [2.75, 3.05) is 0 Å². The van der Waals surface area contributed by atoms with Gasteiger partial charge in [-0.1, -0.05) is 63.7 Å². The highest BCUT2D eigenvalue weighted by Gasteiger charge is 2.49. The van der Waals surface area contributed by atoms with Gasteiger partial charge in [0.05, 0.1) is 19.9 Å². The van der Waals surface area contributed by atoms with Crippen molar-refractivity contribution in [1.29, 1.82) is 0 Å². The Bertz CT molecular complexity index is 394. The molecule has 0 bridgehead atoms. The monoisotopic (exact) mass is 248 g/mol. The highest BCUT2D eigenvalue weighted by atomic mass is 28.3. The van der Waals surface area contributed by atoms with Crippen LogP contribution >= 0.6 is 0 Å². The molecular formula is C15H24OSi. The van der Waals surface area contributed by atoms with E-state index in [-0.39, 0.29) is 5.22 Å². The minimum absolute atomic E-state index is 0.0552. The molecule has 0 N–H and O–H groups in total. The second-order valence-electron chi connectivity index (χ2n) is 6.13. The smallest absolute Gasteiger partial charge is 0.0882 e. The van der Waals surface area contributed by atoms with Crippen molar-refractivity contribution in [3.05, 3.63) is 35.4 Å². The summed E-state index contributed by atoms with van der Waals surface area (Å²) in [5.41, 5.74) is 2.89. The maximum atomic E-state index is 6.34. The molecule has 1 heterocycles. The molecule has 0 unspecified atom stereocenters. The van der Waals surface area contributed by atoms with Crippen molar-refractivity contribution in [2.45, 2.75) is 57.7 Å². The second kappa shape index (κ2) is 4.58. The summed E-state index contributed by atoms with van der Waals surface area (Å²) in [5.74, 6) is 0. The van der Waals surface area contributed by atoms with Crippen LogP contribution in [-0.2, 0) is 16.6 Å². The van der Waals surface area contributed by atoms with Gasteiger partial charge in [-0.2, -0.15) is 0 Å². The summed E-state index contributed by atoms with van der Waals surface area (Å²) in [5, 5.41) is 0.0552. The topological polar surface area (TPSA) is 9.23 Å². The molecule has 0 aromatic heterocycles. The van der Waals surface area contributed by atoms with E-state index in [1.54, 1.807) is 0 Å². The number of hydrogen-bond acceptors (Lipinski definition) is 1. The fourth-order valence-corrected chi connectivity index (χ4v) is 5.43. The summed E-state index contributed by atoms with van der Waals surface area (Å²) in [6.07, 6.45) is 3.70. The number of fused-ring (bicyclic) bond motifs is 1. The lowest BCUT2D eigenvalue weighted by atomic mass is 10.0. The predicted octanol–water partition coefficient (Wildman–Crippen LogP) is 4.48.